The molecule has 104 valence electrons. The molecule has 0 aliphatic heterocycles. The third-order valence-electron chi connectivity index (χ3n) is 1.94. The largest absolute Gasteiger partial charge is 0.471 e. The Morgan fingerprint density at radius 3 is 2.74 bits per heavy atom. The molecule has 0 aliphatic rings. The highest BCUT2D eigenvalue weighted by molar-refractivity contribution is 5.93. The van der Waals surface area contributed by atoms with Crippen LogP contribution in [0.1, 0.15) is 10.4 Å². The fraction of sp³-hybridized carbons (Fsp3) is 0.333. The van der Waals surface area contributed by atoms with Crippen LogP contribution in [-0.4, -0.2) is 36.0 Å². The molecule has 0 fully saturated rings. The lowest BCUT2D eigenvalue weighted by atomic mass is 10.2. The van der Waals surface area contributed by atoms with Crippen molar-refractivity contribution in [1.29, 1.82) is 0 Å². The van der Waals surface area contributed by atoms with Crippen molar-refractivity contribution in [2.75, 3.05) is 19.5 Å². The number of nitrogen functional groups attached to an aromatic ring is 1. The van der Waals surface area contributed by atoms with E-state index in [1.807, 2.05) is 0 Å². The molecule has 1 heterocycles. The lowest BCUT2D eigenvalue weighted by Gasteiger charge is -2.09. The normalized spacial score (nSPS) is 10.3. The van der Waals surface area contributed by atoms with Gasteiger partial charge in [0.15, 0.2) is 6.61 Å². The number of alkyl halides is 2. The second-order valence-corrected chi connectivity index (χ2v) is 3.20. The Kier molecular flexibility index (Phi) is 4.51. The number of pyridine rings is 1. The summed E-state index contributed by atoms with van der Waals surface area (Å²) in [6, 6.07) is 0.759. The predicted molar refractivity (Wildman–Crippen MR) is 58.1 cm³/mol. The molecule has 0 spiro atoms. The first kappa shape index (κ1) is 14.5. The highest BCUT2D eigenvalue weighted by Crippen LogP contribution is 2.27. The quantitative estimate of drug-likeness (QED) is 0.484. The molecule has 0 unspecified atom stereocenters. The van der Waals surface area contributed by atoms with Crippen LogP contribution >= 0.6 is 0 Å². The van der Waals surface area contributed by atoms with Crippen molar-refractivity contribution in [2.45, 2.75) is 6.43 Å². The minimum Gasteiger partial charge on any atom is -0.471 e. The molecule has 0 radical (unpaired) electrons. The molecule has 0 amide bonds. The first-order valence-electron chi connectivity index (χ1n) is 4.81. The van der Waals surface area contributed by atoms with E-state index < -0.39 is 46.9 Å². The Bertz CT molecular complexity index is 509. The first-order chi connectivity index (χ1) is 8.86. The average Bonchev–Trinajstić information content (AvgIpc) is 2.34. The molecule has 0 atom stereocenters. The lowest BCUT2D eigenvalue weighted by Crippen LogP contribution is -2.14. The van der Waals surface area contributed by atoms with E-state index in [1.165, 1.54) is 0 Å². The van der Waals surface area contributed by atoms with Gasteiger partial charge in [0.1, 0.15) is 5.56 Å². The van der Waals surface area contributed by atoms with Crippen molar-refractivity contribution in [3.05, 3.63) is 21.7 Å². The Morgan fingerprint density at radius 1 is 1.63 bits per heavy atom. The van der Waals surface area contributed by atoms with Crippen molar-refractivity contribution < 1.29 is 28.0 Å². The standard InChI is InChI=1S/C9H9F2N3O5/c1-18-9(15)4-2-5(14(16)17)7(12)13-8(4)19-3-6(10)11/h2,6H,3H2,1H3,(H2,12,13). The van der Waals surface area contributed by atoms with Crippen LogP contribution < -0.4 is 10.5 Å². The zero-order valence-electron chi connectivity index (χ0n) is 9.63. The van der Waals surface area contributed by atoms with Gasteiger partial charge in [0, 0.05) is 6.07 Å². The molecule has 19 heavy (non-hydrogen) atoms. The minimum absolute atomic E-state index is 0.455. The molecular weight excluding hydrogens is 268 g/mol. The van der Waals surface area contributed by atoms with Gasteiger partial charge in [-0.1, -0.05) is 0 Å². The summed E-state index contributed by atoms with van der Waals surface area (Å²) in [7, 11) is 1.02. The number of nitro groups is 1. The number of aromatic nitrogens is 1. The molecule has 1 aromatic rings. The summed E-state index contributed by atoms with van der Waals surface area (Å²) in [4.78, 5) is 24.6. The van der Waals surface area contributed by atoms with Gasteiger partial charge >= 0.3 is 11.7 Å². The monoisotopic (exact) mass is 277 g/mol. The maximum atomic E-state index is 12.0. The second kappa shape index (κ2) is 5.89. The lowest BCUT2D eigenvalue weighted by molar-refractivity contribution is -0.384. The van der Waals surface area contributed by atoms with E-state index in [0.29, 0.717) is 0 Å². The number of methoxy groups -OCH3 is 1. The number of halogens is 2. The van der Waals surface area contributed by atoms with Crippen molar-refractivity contribution in [2.24, 2.45) is 0 Å². The predicted octanol–water partition coefficient (Wildman–Crippen LogP) is 1.00. The van der Waals surface area contributed by atoms with Crippen LogP contribution in [0.5, 0.6) is 5.88 Å². The molecule has 8 nitrogen and oxygen atoms in total. The maximum absolute atomic E-state index is 12.0. The number of rotatable bonds is 5. The Balaban J connectivity index is 3.24. The van der Waals surface area contributed by atoms with E-state index in [0.717, 1.165) is 13.2 Å². The van der Waals surface area contributed by atoms with Crippen LogP contribution in [0.4, 0.5) is 20.3 Å². The minimum atomic E-state index is -2.80. The van der Waals surface area contributed by atoms with E-state index in [9.17, 15) is 23.7 Å². The van der Waals surface area contributed by atoms with Crippen LogP contribution in [0.25, 0.3) is 0 Å². The highest BCUT2D eigenvalue weighted by atomic mass is 19.3. The van der Waals surface area contributed by atoms with Gasteiger partial charge in [0.05, 0.1) is 12.0 Å². The van der Waals surface area contributed by atoms with Gasteiger partial charge in [-0.3, -0.25) is 10.1 Å². The van der Waals surface area contributed by atoms with Gasteiger partial charge in [-0.05, 0) is 0 Å². The summed E-state index contributed by atoms with van der Waals surface area (Å²) < 4.78 is 33.0. The molecule has 0 aromatic carbocycles. The second-order valence-electron chi connectivity index (χ2n) is 3.20. The van der Waals surface area contributed by atoms with Crippen molar-refractivity contribution in [1.82, 2.24) is 4.98 Å². The molecule has 0 aliphatic carbocycles. The number of hydrogen-bond donors (Lipinski definition) is 1. The van der Waals surface area contributed by atoms with E-state index in [4.69, 9.17) is 5.73 Å². The molecule has 1 rings (SSSR count). The topological polar surface area (TPSA) is 118 Å². The van der Waals surface area contributed by atoms with E-state index >= 15 is 0 Å². The number of hydrogen-bond acceptors (Lipinski definition) is 7. The number of nitrogens with zero attached hydrogens (tertiary/aromatic N) is 2. The molecule has 1 aromatic heterocycles. The molecule has 0 saturated carbocycles. The summed E-state index contributed by atoms with van der Waals surface area (Å²) >= 11 is 0. The van der Waals surface area contributed by atoms with Gasteiger partial charge < -0.3 is 15.2 Å². The van der Waals surface area contributed by atoms with Crippen molar-refractivity contribution in [3.8, 4) is 5.88 Å². The van der Waals surface area contributed by atoms with E-state index in [2.05, 4.69) is 14.5 Å². The fourth-order valence-electron chi connectivity index (χ4n) is 1.15. The van der Waals surface area contributed by atoms with Gasteiger partial charge in [-0.25, -0.2) is 13.6 Å². The van der Waals surface area contributed by atoms with Gasteiger partial charge in [0.25, 0.3) is 6.43 Å². The van der Waals surface area contributed by atoms with Crippen LogP contribution in [-0.2, 0) is 4.74 Å². The molecule has 0 bridgehead atoms. The average molecular weight is 277 g/mol. The summed E-state index contributed by atoms with van der Waals surface area (Å²) in [6.07, 6.45) is -2.80. The van der Waals surface area contributed by atoms with Crippen molar-refractivity contribution in [3.63, 3.8) is 0 Å². The number of anilines is 1. The number of nitrogens with two attached hydrogens (primary N) is 1. The first-order valence-corrected chi connectivity index (χ1v) is 4.81. The summed E-state index contributed by atoms with van der Waals surface area (Å²) in [5.41, 5.74) is 4.16. The third kappa shape index (κ3) is 3.47. The third-order valence-corrected chi connectivity index (χ3v) is 1.94. The zero-order valence-corrected chi connectivity index (χ0v) is 9.63. The number of carbonyl (C=O) groups is 1. The van der Waals surface area contributed by atoms with Gasteiger partial charge in [-0.2, -0.15) is 4.98 Å². The van der Waals surface area contributed by atoms with Crippen LogP contribution in [0.3, 0.4) is 0 Å². The summed E-state index contributed by atoms with van der Waals surface area (Å²) in [6.45, 7) is -1.03. The maximum Gasteiger partial charge on any atom is 0.343 e. The summed E-state index contributed by atoms with van der Waals surface area (Å²) in [5, 5.41) is 10.6. The fourth-order valence-corrected chi connectivity index (χ4v) is 1.15. The molecule has 0 saturated heterocycles. The summed E-state index contributed by atoms with van der Waals surface area (Å²) in [5.74, 6) is -2.11. The SMILES string of the molecule is COC(=O)c1cc([N+](=O)[O-])c(N)nc1OCC(F)F. The molecule has 2 N–H and O–H groups in total. The van der Waals surface area contributed by atoms with E-state index in [1.54, 1.807) is 0 Å². The van der Waals surface area contributed by atoms with Crippen LogP contribution in [0.2, 0.25) is 0 Å². The van der Waals surface area contributed by atoms with E-state index in [-0.39, 0.29) is 0 Å². The zero-order chi connectivity index (χ0) is 14.6. The van der Waals surface area contributed by atoms with Gasteiger partial charge in [0.2, 0.25) is 11.7 Å². The number of ether oxygens (including phenoxy) is 2. The Morgan fingerprint density at radius 2 is 2.26 bits per heavy atom. The molecular formula is C9H9F2N3O5. The molecule has 10 heteroatoms. The number of esters is 1. The Hall–Kier alpha value is -2.52. The highest BCUT2D eigenvalue weighted by Gasteiger charge is 2.24. The van der Waals surface area contributed by atoms with Crippen LogP contribution in [0.15, 0.2) is 6.07 Å². The number of carbonyl (C=O) groups excluding carboxylic acids is 1. The van der Waals surface area contributed by atoms with Crippen LogP contribution in [0, 0.1) is 10.1 Å². The Labute approximate surface area is 105 Å². The smallest absolute Gasteiger partial charge is 0.343 e. The van der Waals surface area contributed by atoms with Crippen molar-refractivity contribution >= 4 is 17.5 Å². The van der Waals surface area contributed by atoms with Gasteiger partial charge in [-0.15, -0.1) is 0 Å².